The number of carbonyl (C=O) groups excluding carboxylic acids is 2. The van der Waals surface area contributed by atoms with Crippen molar-refractivity contribution in [2.75, 3.05) is 20.1 Å². The summed E-state index contributed by atoms with van der Waals surface area (Å²) in [6.07, 6.45) is 3.42. The van der Waals surface area contributed by atoms with Gasteiger partial charge in [-0.2, -0.15) is 0 Å². The Hall–Kier alpha value is -1.84. The second-order valence-electron chi connectivity index (χ2n) is 7.04. The lowest BCUT2D eigenvalue weighted by Gasteiger charge is -2.42. The Kier molecular flexibility index (Phi) is 4.69. The largest absolute Gasteiger partial charge is 0.342 e. The van der Waals surface area contributed by atoms with Crippen LogP contribution in [0.1, 0.15) is 44.2 Å². The van der Waals surface area contributed by atoms with Gasteiger partial charge < -0.3 is 9.80 Å². The Balaban J connectivity index is 1.86. The summed E-state index contributed by atoms with van der Waals surface area (Å²) in [6.45, 7) is 3.93. The fourth-order valence-electron chi connectivity index (χ4n) is 4.03. The number of carbonyl (C=O) groups is 2. The van der Waals surface area contributed by atoms with Gasteiger partial charge in [0.15, 0.2) is 0 Å². The Labute approximate surface area is 138 Å². The van der Waals surface area contributed by atoms with E-state index in [1.165, 1.54) is 6.42 Å². The predicted molar refractivity (Wildman–Crippen MR) is 89.7 cm³/mol. The lowest BCUT2D eigenvalue weighted by atomic mass is 9.83. The quantitative estimate of drug-likeness (QED) is 0.842. The number of benzene rings is 1. The van der Waals surface area contributed by atoms with Crippen LogP contribution in [-0.4, -0.2) is 41.8 Å². The van der Waals surface area contributed by atoms with Crippen molar-refractivity contribution >= 4 is 11.8 Å². The zero-order chi connectivity index (χ0) is 16.4. The van der Waals surface area contributed by atoms with Crippen molar-refractivity contribution in [3.8, 4) is 0 Å². The summed E-state index contributed by atoms with van der Waals surface area (Å²) in [5.41, 5.74) is 1.06. The molecule has 2 amide bonds. The van der Waals surface area contributed by atoms with E-state index in [-0.39, 0.29) is 23.8 Å². The van der Waals surface area contributed by atoms with Gasteiger partial charge >= 0.3 is 0 Å². The van der Waals surface area contributed by atoms with Gasteiger partial charge in [-0.25, -0.2) is 0 Å². The van der Waals surface area contributed by atoms with Gasteiger partial charge in [-0.3, -0.25) is 9.59 Å². The summed E-state index contributed by atoms with van der Waals surface area (Å²) in [7, 11) is 1.83. The lowest BCUT2D eigenvalue weighted by molar-refractivity contribution is -0.147. The normalized spacial score (nSPS) is 28.8. The van der Waals surface area contributed by atoms with Gasteiger partial charge in [0.2, 0.25) is 11.8 Å². The molecule has 3 unspecified atom stereocenters. The van der Waals surface area contributed by atoms with Crippen LogP contribution in [-0.2, 0) is 9.59 Å². The number of rotatable bonds is 2. The summed E-state index contributed by atoms with van der Waals surface area (Å²) in [5, 5.41) is 0. The Morgan fingerprint density at radius 3 is 2.61 bits per heavy atom. The Bertz CT molecular complexity index is 572. The van der Waals surface area contributed by atoms with Gasteiger partial charge in [0.25, 0.3) is 0 Å². The number of amides is 2. The summed E-state index contributed by atoms with van der Waals surface area (Å²) in [5.74, 6) is 0.816. The second-order valence-corrected chi connectivity index (χ2v) is 7.04. The van der Waals surface area contributed by atoms with Crippen molar-refractivity contribution < 1.29 is 9.59 Å². The maximum atomic E-state index is 13.1. The van der Waals surface area contributed by atoms with E-state index in [0.717, 1.165) is 25.1 Å². The predicted octanol–water partition coefficient (Wildman–Crippen LogP) is 2.85. The molecule has 3 atom stereocenters. The van der Waals surface area contributed by atoms with Gasteiger partial charge in [-0.05, 0) is 30.7 Å². The van der Waals surface area contributed by atoms with E-state index in [0.29, 0.717) is 18.8 Å². The highest BCUT2D eigenvalue weighted by atomic mass is 16.2. The average molecular weight is 314 g/mol. The minimum absolute atomic E-state index is 0.120. The summed E-state index contributed by atoms with van der Waals surface area (Å²) < 4.78 is 0. The van der Waals surface area contributed by atoms with Gasteiger partial charge in [0.1, 0.15) is 0 Å². The Morgan fingerprint density at radius 2 is 1.91 bits per heavy atom. The fraction of sp³-hybridized carbons (Fsp3) is 0.579. The van der Waals surface area contributed by atoms with Crippen LogP contribution in [0.2, 0.25) is 0 Å². The highest BCUT2D eigenvalue weighted by Crippen LogP contribution is 2.37. The molecule has 1 aromatic carbocycles. The van der Waals surface area contributed by atoms with Gasteiger partial charge in [0.05, 0.1) is 12.0 Å². The molecule has 4 nitrogen and oxygen atoms in total. The van der Waals surface area contributed by atoms with E-state index >= 15 is 0 Å². The van der Waals surface area contributed by atoms with E-state index in [1.807, 2.05) is 42.3 Å². The molecule has 0 radical (unpaired) electrons. The molecular formula is C19H26N2O2. The molecule has 2 heterocycles. The molecule has 2 aliphatic heterocycles. The van der Waals surface area contributed by atoms with Crippen LogP contribution in [0.4, 0.5) is 0 Å². The highest BCUT2D eigenvalue weighted by Gasteiger charge is 2.40. The molecule has 4 heteroatoms. The second kappa shape index (κ2) is 6.73. The summed E-state index contributed by atoms with van der Waals surface area (Å²) in [4.78, 5) is 29.1. The molecule has 0 bridgehead atoms. The van der Waals surface area contributed by atoms with Crippen molar-refractivity contribution in [1.29, 1.82) is 0 Å². The summed E-state index contributed by atoms with van der Waals surface area (Å²) in [6, 6.07) is 9.84. The van der Waals surface area contributed by atoms with Crippen LogP contribution >= 0.6 is 0 Å². The number of piperidine rings is 2. The lowest BCUT2D eigenvalue weighted by Crippen LogP contribution is -2.49. The fourth-order valence-corrected chi connectivity index (χ4v) is 4.03. The number of hydrogen-bond donors (Lipinski definition) is 0. The Morgan fingerprint density at radius 1 is 1.17 bits per heavy atom. The smallest absolute Gasteiger partial charge is 0.228 e. The first-order valence-electron chi connectivity index (χ1n) is 8.67. The molecule has 124 valence electrons. The number of nitrogens with zero attached hydrogens (tertiary/aromatic N) is 2. The number of likely N-dealkylation sites (tertiary alicyclic amines) is 2. The zero-order valence-corrected chi connectivity index (χ0v) is 14.1. The van der Waals surface area contributed by atoms with Crippen molar-refractivity contribution in [2.45, 2.75) is 38.6 Å². The van der Waals surface area contributed by atoms with Crippen LogP contribution in [0, 0.1) is 11.8 Å². The van der Waals surface area contributed by atoms with Crippen molar-refractivity contribution in [2.24, 2.45) is 11.8 Å². The zero-order valence-electron chi connectivity index (χ0n) is 14.1. The average Bonchev–Trinajstić information content (AvgIpc) is 2.57. The van der Waals surface area contributed by atoms with Crippen LogP contribution in [0.3, 0.4) is 0 Å². The maximum absolute atomic E-state index is 13.1. The molecule has 23 heavy (non-hydrogen) atoms. The van der Waals surface area contributed by atoms with Gasteiger partial charge in [-0.1, -0.05) is 37.3 Å². The molecule has 1 aromatic rings. The van der Waals surface area contributed by atoms with Crippen molar-refractivity contribution in [1.82, 2.24) is 9.80 Å². The molecule has 2 aliphatic rings. The van der Waals surface area contributed by atoms with Crippen molar-refractivity contribution in [3.05, 3.63) is 35.9 Å². The van der Waals surface area contributed by atoms with Crippen LogP contribution < -0.4 is 0 Å². The number of hydrogen-bond acceptors (Lipinski definition) is 2. The van der Waals surface area contributed by atoms with Crippen molar-refractivity contribution in [3.63, 3.8) is 0 Å². The molecular weight excluding hydrogens is 288 g/mol. The maximum Gasteiger partial charge on any atom is 0.228 e. The minimum Gasteiger partial charge on any atom is -0.342 e. The van der Waals surface area contributed by atoms with Gasteiger partial charge in [-0.15, -0.1) is 0 Å². The van der Waals surface area contributed by atoms with Crippen LogP contribution in [0.5, 0.6) is 0 Å². The monoisotopic (exact) mass is 314 g/mol. The first-order chi connectivity index (χ1) is 11.1. The topological polar surface area (TPSA) is 40.6 Å². The molecule has 0 spiro atoms. The minimum atomic E-state index is -0.137. The molecule has 2 fully saturated rings. The highest BCUT2D eigenvalue weighted by molar-refractivity contribution is 5.85. The third kappa shape index (κ3) is 3.26. The van der Waals surface area contributed by atoms with E-state index in [4.69, 9.17) is 0 Å². The van der Waals surface area contributed by atoms with Gasteiger partial charge in [0, 0.05) is 26.6 Å². The SMILES string of the molecule is CC1CCCN(C(=O)C2CCC(=O)N(C)C2c2ccccc2)C1. The third-order valence-electron chi connectivity index (χ3n) is 5.29. The van der Waals surface area contributed by atoms with Crippen LogP contribution in [0.25, 0.3) is 0 Å². The van der Waals surface area contributed by atoms with Crippen LogP contribution in [0.15, 0.2) is 30.3 Å². The molecule has 0 aromatic heterocycles. The third-order valence-corrected chi connectivity index (χ3v) is 5.29. The first kappa shape index (κ1) is 16.0. The van der Waals surface area contributed by atoms with E-state index in [1.54, 1.807) is 4.90 Å². The molecule has 0 N–H and O–H groups in total. The summed E-state index contributed by atoms with van der Waals surface area (Å²) >= 11 is 0. The molecule has 0 aliphatic carbocycles. The first-order valence-corrected chi connectivity index (χ1v) is 8.67. The molecule has 2 saturated heterocycles. The van der Waals surface area contributed by atoms with E-state index in [9.17, 15) is 9.59 Å². The van der Waals surface area contributed by atoms with E-state index < -0.39 is 0 Å². The molecule has 3 rings (SSSR count). The molecule has 0 saturated carbocycles. The van der Waals surface area contributed by atoms with E-state index in [2.05, 4.69) is 6.92 Å². The standard InChI is InChI=1S/C19H26N2O2/c1-14-7-6-12-21(13-14)19(23)16-10-11-17(22)20(2)18(16)15-8-4-3-5-9-15/h3-5,8-9,14,16,18H,6-7,10-13H2,1-2H3.